The zero-order valence-electron chi connectivity index (χ0n) is 24.2. The molecule has 0 bridgehead atoms. The highest BCUT2D eigenvalue weighted by atomic mass is 16.6. The minimum absolute atomic E-state index is 0.0728. The minimum Gasteiger partial charge on any atom is -0.444 e. The van der Waals surface area contributed by atoms with Crippen molar-refractivity contribution in [2.75, 3.05) is 18.0 Å². The van der Waals surface area contributed by atoms with Gasteiger partial charge in [0.25, 0.3) is 5.56 Å². The molecule has 3 aromatic heterocycles. The van der Waals surface area contributed by atoms with E-state index < -0.39 is 11.7 Å². The SMILES string of the molecule is CC#CCn1c(N2CCC[C@@H](NC(=O)OC(C)(C)C)C2)nc2cnn(Cc3nc4c(ccc5ccccc54)o3)c(=O)c21. The lowest BCUT2D eigenvalue weighted by Crippen LogP contribution is -2.49. The minimum atomic E-state index is -0.580. The number of amides is 1. The van der Waals surface area contributed by atoms with Gasteiger partial charge >= 0.3 is 6.09 Å². The van der Waals surface area contributed by atoms with Crippen molar-refractivity contribution in [3.8, 4) is 11.8 Å². The number of oxazole rings is 1. The maximum absolute atomic E-state index is 13.8. The first-order valence-corrected chi connectivity index (χ1v) is 14.1. The summed E-state index contributed by atoms with van der Waals surface area (Å²) in [6.07, 6.45) is 2.81. The van der Waals surface area contributed by atoms with Crippen molar-refractivity contribution in [1.29, 1.82) is 0 Å². The Morgan fingerprint density at radius 3 is 2.83 bits per heavy atom. The predicted octanol–water partition coefficient (Wildman–Crippen LogP) is 4.45. The van der Waals surface area contributed by atoms with Crippen molar-refractivity contribution in [3.05, 3.63) is 58.8 Å². The zero-order chi connectivity index (χ0) is 29.4. The number of aromatic nitrogens is 5. The molecule has 1 saturated heterocycles. The highest BCUT2D eigenvalue weighted by molar-refractivity contribution is 6.03. The van der Waals surface area contributed by atoms with Crippen LogP contribution in [0.1, 0.15) is 46.4 Å². The van der Waals surface area contributed by atoms with Crippen molar-refractivity contribution in [2.45, 2.75) is 65.3 Å². The third-order valence-electron chi connectivity index (χ3n) is 7.18. The lowest BCUT2D eigenvalue weighted by atomic mass is 10.1. The Morgan fingerprint density at radius 1 is 1.19 bits per heavy atom. The van der Waals surface area contributed by atoms with E-state index in [4.69, 9.17) is 19.1 Å². The third kappa shape index (κ3) is 5.40. The van der Waals surface area contributed by atoms with E-state index in [0.29, 0.717) is 35.0 Å². The van der Waals surface area contributed by atoms with Crippen LogP contribution < -0.4 is 15.8 Å². The van der Waals surface area contributed by atoms with Crippen molar-refractivity contribution >= 4 is 44.9 Å². The molecular weight excluding hydrogens is 534 g/mol. The molecule has 4 heterocycles. The molecule has 0 radical (unpaired) electrons. The lowest BCUT2D eigenvalue weighted by Gasteiger charge is -2.34. The quantitative estimate of drug-likeness (QED) is 0.309. The van der Waals surface area contributed by atoms with Crippen LogP contribution in [-0.4, -0.2) is 55.1 Å². The predicted molar refractivity (Wildman–Crippen MR) is 160 cm³/mol. The number of hydrogen-bond acceptors (Lipinski definition) is 8. The number of piperidine rings is 1. The number of imidazole rings is 1. The molecule has 0 unspecified atom stereocenters. The molecule has 11 heteroatoms. The molecule has 1 aliphatic rings. The van der Waals surface area contributed by atoms with E-state index in [9.17, 15) is 9.59 Å². The fraction of sp³-hybridized carbons (Fsp3) is 0.387. The number of carbonyl (C=O) groups excluding carboxylic acids is 1. The molecule has 216 valence electrons. The van der Waals surface area contributed by atoms with Gasteiger partial charge in [0, 0.05) is 24.5 Å². The number of ether oxygens (including phenoxy) is 1. The van der Waals surface area contributed by atoms with Gasteiger partial charge in [-0.15, -0.1) is 5.92 Å². The van der Waals surface area contributed by atoms with Crippen LogP contribution in [0.15, 0.2) is 51.8 Å². The standard InChI is InChI=1S/C31H33N7O4/c1-5-6-16-37-27-23(34-29(37)36-15-9-11-21(18-36)33-30(40)42-31(2,3)4)17-32-38(28(27)39)19-25-35-26-22-12-8-7-10-20(22)13-14-24(26)41-25/h7-8,10,12-14,17,21H,9,11,15-16,18-19H2,1-4H3,(H,33,40)/t21-/m1/s1. The second-order valence-electron chi connectivity index (χ2n) is 11.4. The summed E-state index contributed by atoms with van der Waals surface area (Å²) in [5, 5.41) is 9.44. The number of benzene rings is 2. The molecule has 42 heavy (non-hydrogen) atoms. The maximum Gasteiger partial charge on any atom is 0.407 e. The van der Waals surface area contributed by atoms with E-state index in [1.54, 1.807) is 13.1 Å². The fourth-order valence-corrected chi connectivity index (χ4v) is 5.39. The van der Waals surface area contributed by atoms with E-state index in [1.165, 1.54) is 4.68 Å². The number of carbonyl (C=O) groups is 1. The number of alkyl carbamates (subject to hydrolysis) is 1. The van der Waals surface area contributed by atoms with E-state index in [-0.39, 0.29) is 24.7 Å². The summed E-state index contributed by atoms with van der Waals surface area (Å²) < 4.78 is 14.6. The third-order valence-corrected chi connectivity index (χ3v) is 7.18. The van der Waals surface area contributed by atoms with Gasteiger partial charge in [0.15, 0.2) is 5.58 Å². The average molecular weight is 568 g/mol. The van der Waals surface area contributed by atoms with Crippen LogP contribution >= 0.6 is 0 Å². The molecule has 11 nitrogen and oxygen atoms in total. The first-order chi connectivity index (χ1) is 20.2. The van der Waals surface area contributed by atoms with Gasteiger partial charge in [-0.05, 0) is 52.0 Å². The summed E-state index contributed by atoms with van der Waals surface area (Å²) in [6, 6.07) is 11.7. The molecule has 5 aromatic rings. The molecule has 0 aliphatic carbocycles. The van der Waals surface area contributed by atoms with E-state index in [2.05, 4.69) is 27.2 Å². The molecular formula is C31H33N7O4. The molecule has 1 atom stereocenters. The van der Waals surface area contributed by atoms with Gasteiger partial charge in [0.1, 0.15) is 28.7 Å². The molecule has 2 aromatic carbocycles. The van der Waals surface area contributed by atoms with Crippen LogP contribution in [0.25, 0.3) is 32.9 Å². The van der Waals surface area contributed by atoms with E-state index in [1.807, 2.05) is 61.7 Å². The van der Waals surface area contributed by atoms with Crippen LogP contribution in [0.3, 0.4) is 0 Å². The maximum atomic E-state index is 13.8. The monoisotopic (exact) mass is 567 g/mol. The van der Waals surface area contributed by atoms with Gasteiger partial charge in [-0.25, -0.2) is 19.4 Å². The lowest BCUT2D eigenvalue weighted by molar-refractivity contribution is 0.0499. The molecule has 1 N–H and O–H groups in total. The van der Waals surface area contributed by atoms with Gasteiger partial charge in [0.05, 0.1) is 12.7 Å². The summed E-state index contributed by atoms with van der Waals surface area (Å²) in [5.74, 6) is 7.01. The van der Waals surface area contributed by atoms with Crippen molar-refractivity contribution < 1.29 is 13.9 Å². The first-order valence-electron chi connectivity index (χ1n) is 14.1. The molecule has 6 rings (SSSR count). The Hall–Kier alpha value is -4.85. The van der Waals surface area contributed by atoms with E-state index in [0.717, 1.165) is 35.7 Å². The van der Waals surface area contributed by atoms with Crippen LogP contribution in [0.4, 0.5) is 10.7 Å². The number of anilines is 1. The zero-order valence-corrected chi connectivity index (χ0v) is 24.2. The Balaban J connectivity index is 1.32. The smallest absolute Gasteiger partial charge is 0.407 e. The number of fused-ring (bicyclic) bond motifs is 4. The summed E-state index contributed by atoms with van der Waals surface area (Å²) in [5.41, 5.74) is 1.41. The molecule has 1 amide bonds. The highest BCUT2D eigenvalue weighted by Gasteiger charge is 2.28. The van der Waals surface area contributed by atoms with Gasteiger partial charge in [-0.2, -0.15) is 5.10 Å². The van der Waals surface area contributed by atoms with E-state index >= 15 is 0 Å². The van der Waals surface area contributed by atoms with Crippen LogP contribution in [0.2, 0.25) is 0 Å². The summed E-state index contributed by atoms with van der Waals surface area (Å²) in [7, 11) is 0. The molecule has 1 aliphatic heterocycles. The Bertz CT molecular complexity index is 1920. The molecule has 0 spiro atoms. The average Bonchev–Trinajstić information content (AvgIpc) is 3.54. The number of nitrogens with zero attached hydrogens (tertiary/aromatic N) is 6. The largest absolute Gasteiger partial charge is 0.444 e. The molecule has 0 saturated carbocycles. The number of hydrogen-bond donors (Lipinski definition) is 1. The van der Waals surface area contributed by atoms with Crippen LogP contribution in [0.5, 0.6) is 0 Å². The normalized spacial score (nSPS) is 15.6. The van der Waals surface area contributed by atoms with Gasteiger partial charge in [-0.3, -0.25) is 9.36 Å². The van der Waals surface area contributed by atoms with Crippen LogP contribution in [0, 0.1) is 11.8 Å². The van der Waals surface area contributed by atoms with Crippen molar-refractivity contribution in [2.24, 2.45) is 0 Å². The number of rotatable bonds is 5. The Morgan fingerprint density at radius 2 is 2.02 bits per heavy atom. The van der Waals surface area contributed by atoms with Crippen molar-refractivity contribution in [3.63, 3.8) is 0 Å². The fourth-order valence-electron chi connectivity index (χ4n) is 5.39. The summed E-state index contributed by atoms with van der Waals surface area (Å²) in [6.45, 7) is 8.89. The second kappa shape index (κ2) is 10.9. The Kier molecular flexibility index (Phi) is 7.06. The summed E-state index contributed by atoms with van der Waals surface area (Å²) in [4.78, 5) is 37.8. The highest BCUT2D eigenvalue weighted by Crippen LogP contribution is 2.26. The first kappa shape index (κ1) is 27.3. The number of nitrogens with one attached hydrogen (secondary N) is 1. The van der Waals surface area contributed by atoms with Gasteiger partial charge < -0.3 is 19.4 Å². The van der Waals surface area contributed by atoms with Gasteiger partial charge in [-0.1, -0.05) is 36.3 Å². The van der Waals surface area contributed by atoms with Crippen LogP contribution in [-0.2, 0) is 17.8 Å². The topological polar surface area (TPSA) is 120 Å². The summed E-state index contributed by atoms with van der Waals surface area (Å²) >= 11 is 0. The Labute approximate surface area is 242 Å². The molecule has 1 fully saturated rings. The van der Waals surface area contributed by atoms with Gasteiger partial charge in [0.2, 0.25) is 11.8 Å². The second-order valence-corrected chi connectivity index (χ2v) is 11.4. The van der Waals surface area contributed by atoms with Crippen molar-refractivity contribution in [1.82, 2.24) is 29.6 Å².